The van der Waals surface area contributed by atoms with Crippen molar-refractivity contribution in [3.8, 4) is 0 Å². The third kappa shape index (κ3) is 4.04. The molecule has 0 radical (unpaired) electrons. The smallest absolute Gasteiger partial charge is 0.0544 e. The van der Waals surface area contributed by atoms with Gasteiger partial charge in [0, 0.05) is 29.4 Å². The number of pyridine rings is 1. The number of hydrogen-bond donors (Lipinski definition) is 1. The fourth-order valence-electron chi connectivity index (χ4n) is 1.95. The van der Waals surface area contributed by atoms with Crippen molar-refractivity contribution in [2.45, 2.75) is 20.0 Å². The molecule has 0 saturated heterocycles. The van der Waals surface area contributed by atoms with Crippen LogP contribution in [0.25, 0.3) is 0 Å². The van der Waals surface area contributed by atoms with Crippen LogP contribution in [0.5, 0.6) is 0 Å². The van der Waals surface area contributed by atoms with Gasteiger partial charge in [-0.1, -0.05) is 35.0 Å². The van der Waals surface area contributed by atoms with Gasteiger partial charge in [0.15, 0.2) is 0 Å². The number of halogens is 1. The molecule has 1 aromatic heterocycles. The topological polar surface area (TPSA) is 42.2 Å². The summed E-state index contributed by atoms with van der Waals surface area (Å²) in [5.74, 6) is 0. The van der Waals surface area contributed by atoms with E-state index >= 15 is 0 Å². The molecule has 0 unspecified atom stereocenters. The molecule has 0 atom stereocenters. The Morgan fingerprint density at radius 1 is 1.21 bits per heavy atom. The number of anilines is 1. The summed E-state index contributed by atoms with van der Waals surface area (Å²) in [6, 6.07) is 12.1. The Morgan fingerprint density at radius 2 is 2.05 bits per heavy atom. The van der Waals surface area contributed by atoms with Gasteiger partial charge in [0.1, 0.15) is 0 Å². The van der Waals surface area contributed by atoms with E-state index in [-0.39, 0.29) is 0 Å². The first-order valence-electron chi connectivity index (χ1n) is 6.35. The number of hydrogen-bond acceptors (Lipinski definition) is 3. The van der Waals surface area contributed by atoms with Crippen molar-refractivity contribution in [1.82, 2.24) is 9.88 Å². The molecule has 4 heteroatoms. The van der Waals surface area contributed by atoms with Gasteiger partial charge >= 0.3 is 0 Å². The van der Waals surface area contributed by atoms with E-state index in [0.29, 0.717) is 0 Å². The van der Waals surface area contributed by atoms with E-state index in [0.717, 1.165) is 41.1 Å². The number of nitrogens with zero attached hydrogens (tertiary/aromatic N) is 2. The number of nitrogens with two attached hydrogens (primary N) is 1. The second kappa shape index (κ2) is 6.68. The van der Waals surface area contributed by atoms with Gasteiger partial charge in [-0.25, -0.2) is 0 Å². The van der Waals surface area contributed by atoms with Gasteiger partial charge in [0.2, 0.25) is 0 Å². The monoisotopic (exact) mass is 319 g/mol. The van der Waals surface area contributed by atoms with Gasteiger partial charge in [0.25, 0.3) is 0 Å². The molecule has 1 heterocycles. The number of rotatable bonds is 5. The molecule has 3 nitrogen and oxygen atoms in total. The fraction of sp³-hybridized carbons (Fsp3) is 0.267. The molecule has 0 aliphatic heterocycles. The fourth-order valence-corrected chi connectivity index (χ4v) is 2.33. The lowest BCUT2D eigenvalue weighted by molar-refractivity contribution is 0.268. The zero-order valence-corrected chi connectivity index (χ0v) is 12.6. The van der Waals surface area contributed by atoms with E-state index in [1.807, 2.05) is 36.5 Å². The van der Waals surface area contributed by atoms with E-state index in [2.05, 4.69) is 38.8 Å². The van der Waals surface area contributed by atoms with Crippen LogP contribution in [-0.4, -0.2) is 16.4 Å². The molecule has 0 spiro atoms. The van der Waals surface area contributed by atoms with Gasteiger partial charge in [-0.05, 0) is 36.4 Å². The average Bonchev–Trinajstić information content (AvgIpc) is 2.42. The van der Waals surface area contributed by atoms with Crippen molar-refractivity contribution < 1.29 is 0 Å². The molecule has 0 aliphatic rings. The van der Waals surface area contributed by atoms with Gasteiger partial charge < -0.3 is 5.73 Å². The van der Waals surface area contributed by atoms with Crippen LogP contribution in [0.3, 0.4) is 0 Å². The molecule has 100 valence electrons. The van der Waals surface area contributed by atoms with E-state index in [9.17, 15) is 0 Å². The highest BCUT2D eigenvalue weighted by Crippen LogP contribution is 2.20. The standard InChI is InChI=1S/C15H18BrN3/c1-2-19(11-14-5-3-4-8-18-14)10-12-6-7-13(16)9-15(12)17/h3-9H,2,10-11,17H2,1H3. The Morgan fingerprint density at radius 3 is 2.68 bits per heavy atom. The average molecular weight is 320 g/mol. The second-order valence-electron chi connectivity index (χ2n) is 4.47. The Kier molecular flexibility index (Phi) is 4.93. The largest absolute Gasteiger partial charge is 0.398 e. The Bertz CT molecular complexity index is 528. The summed E-state index contributed by atoms with van der Waals surface area (Å²) in [6.45, 7) is 4.79. The molecule has 1 aromatic carbocycles. The predicted molar refractivity (Wildman–Crippen MR) is 82.6 cm³/mol. The molecular formula is C15H18BrN3. The molecule has 19 heavy (non-hydrogen) atoms. The number of aromatic nitrogens is 1. The summed E-state index contributed by atoms with van der Waals surface area (Å²) in [4.78, 5) is 6.69. The minimum atomic E-state index is 0.828. The third-order valence-corrected chi connectivity index (χ3v) is 3.55. The Labute approximate surface area is 122 Å². The van der Waals surface area contributed by atoms with Crippen molar-refractivity contribution in [3.05, 3.63) is 58.3 Å². The molecule has 2 rings (SSSR count). The summed E-state index contributed by atoms with van der Waals surface area (Å²) in [5.41, 5.74) is 9.11. The molecule has 2 aromatic rings. The van der Waals surface area contributed by atoms with Crippen molar-refractivity contribution in [3.63, 3.8) is 0 Å². The minimum absolute atomic E-state index is 0.828. The summed E-state index contributed by atoms with van der Waals surface area (Å²) in [7, 11) is 0. The van der Waals surface area contributed by atoms with Crippen molar-refractivity contribution in [2.75, 3.05) is 12.3 Å². The summed E-state index contributed by atoms with van der Waals surface area (Å²) in [5, 5.41) is 0. The lowest BCUT2D eigenvalue weighted by Crippen LogP contribution is -2.23. The predicted octanol–water partition coefficient (Wildman–Crippen LogP) is 3.45. The number of nitrogen functional groups attached to an aromatic ring is 1. The van der Waals surface area contributed by atoms with Crippen LogP contribution in [-0.2, 0) is 13.1 Å². The van der Waals surface area contributed by atoms with Crippen LogP contribution in [0.1, 0.15) is 18.2 Å². The van der Waals surface area contributed by atoms with Gasteiger partial charge in [-0.2, -0.15) is 0 Å². The van der Waals surface area contributed by atoms with E-state index in [1.54, 1.807) is 0 Å². The zero-order valence-electron chi connectivity index (χ0n) is 11.0. The Balaban J connectivity index is 2.06. The van der Waals surface area contributed by atoms with E-state index in [1.165, 1.54) is 0 Å². The lowest BCUT2D eigenvalue weighted by atomic mass is 10.1. The highest BCUT2D eigenvalue weighted by atomic mass is 79.9. The number of benzene rings is 1. The highest BCUT2D eigenvalue weighted by Gasteiger charge is 2.08. The van der Waals surface area contributed by atoms with E-state index in [4.69, 9.17) is 5.73 Å². The van der Waals surface area contributed by atoms with Gasteiger partial charge in [-0.3, -0.25) is 9.88 Å². The maximum atomic E-state index is 6.05. The molecule has 0 saturated carbocycles. The van der Waals surface area contributed by atoms with Gasteiger partial charge in [0.05, 0.1) is 5.69 Å². The second-order valence-corrected chi connectivity index (χ2v) is 5.38. The quantitative estimate of drug-likeness (QED) is 0.858. The summed E-state index contributed by atoms with van der Waals surface area (Å²) < 4.78 is 1.02. The molecule has 0 bridgehead atoms. The lowest BCUT2D eigenvalue weighted by Gasteiger charge is -2.21. The third-order valence-electron chi connectivity index (χ3n) is 3.06. The zero-order chi connectivity index (χ0) is 13.7. The van der Waals surface area contributed by atoms with Crippen LogP contribution in [0, 0.1) is 0 Å². The summed E-state index contributed by atoms with van der Waals surface area (Å²) >= 11 is 3.43. The van der Waals surface area contributed by atoms with Crippen LogP contribution in [0.4, 0.5) is 5.69 Å². The van der Waals surface area contributed by atoms with Gasteiger partial charge in [-0.15, -0.1) is 0 Å². The van der Waals surface area contributed by atoms with Crippen LogP contribution in [0.15, 0.2) is 47.1 Å². The van der Waals surface area contributed by atoms with E-state index < -0.39 is 0 Å². The van der Waals surface area contributed by atoms with Crippen molar-refractivity contribution in [1.29, 1.82) is 0 Å². The first-order chi connectivity index (χ1) is 9.19. The molecular weight excluding hydrogens is 302 g/mol. The highest BCUT2D eigenvalue weighted by molar-refractivity contribution is 9.10. The summed E-state index contributed by atoms with van der Waals surface area (Å²) in [6.07, 6.45) is 1.83. The molecule has 0 fully saturated rings. The molecule has 0 aliphatic carbocycles. The minimum Gasteiger partial charge on any atom is -0.398 e. The maximum absolute atomic E-state index is 6.05. The SMILES string of the molecule is CCN(Cc1ccccn1)Cc1ccc(Br)cc1N. The van der Waals surface area contributed by atoms with Crippen LogP contribution in [0.2, 0.25) is 0 Å². The first kappa shape index (κ1) is 14.0. The van der Waals surface area contributed by atoms with Crippen molar-refractivity contribution >= 4 is 21.6 Å². The maximum Gasteiger partial charge on any atom is 0.0544 e. The normalized spacial score (nSPS) is 10.9. The van der Waals surface area contributed by atoms with Crippen molar-refractivity contribution in [2.24, 2.45) is 0 Å². The van der Waals surface area contributed by atoms with Crippen LogP contribution >= 0.6 is 15.9 Å². The first-order valence-corrected chi connectivity index (χ1v) is 7.14. The molecule has 0 amide bonds. The molecule has 2 N–H and O–H groups in total. The Hall–Kier alpha value is -1.39. The van der Waals surface area contributed by atoms with Crippen LogP contribution < -0.4 is 5.73 Å².